The summed E-state index contributed by atoms with van der Waals surface area (Å²) in [4.78, 5) is 0. The van der Waals surface area contributed by atoms with Gasteiger partial charge >= 0.3 is 0 Å². The van der Waals surface area contributed by atoms with Gasteiger partial charge in [0.25, 0.3) is 0 Å². The van der Waals surface area contributed by atoms with Gasteiger partial charge in [0, 0.05) is 0 Å². The Hall–Kier alpha value is -1.29. The molecule has 0 N–H and O–H groups in total. The summed E-state index contributed by atoms with van der Waals surface area (Å²) in [6.45, 7) is 2.19. The number of rotatable bonds is 6. The number of unbranched alkanes of at least 4 members (excludes halogenated alkanes) is 2. The van der Waals surface area contributed by atoms with Crippen molar-refractivity contribution in [1.29, 1.82) is 5.26 Å². The van der Waals surface area contributed by atoms with Crippen LogP contribution in [0.15, 0.2) is 36.5 Å². The van der Waals surface area contributed by atoms with E-state index in [1.165, 1.54) is 12.8 Å². The van der Waals surface area contributed by atoms with Gasteiger partial charge < -0.3 is 0 Å². The molecule has 0 aromatic rings. The maximum absolute atomic E-state index is 8.23. The first-order valence-corrected chi connectivity index (χ1v) is 4.77. The maximum atomic E-state index is 8.23. The summed E-state index contributed by atoms with van der Waals surface area (Å²) in [6, 6.07) is 2.05. The van der Waals surface area contributed by atoms with Gasteiger partial charge in [-0.15, -0.1) is 0 Å². The van der Waals surface area contributed by atoms with E-state index in [0.29, 0.717) is 6.42 Å². The van der Waals surface area contributed by atoms with E-state index in [-0.39, 0.29) is 0 Å². The second-order valence-corrected chi connectivity index (χ2v) is 2.75. The largest absolute Gasteiger partial charge is 0.198 e. The smallest absolute Gasteiger partial charge is 0.0663 e. The van der Waals surface area contributed by atoms with Crippen molar-refractivity contribution in [3.8, 4) is 6.07 Å². The Balaban J connectivity index is 3.40. The van der Waals surface area contributed by atoms with Crippen molar-refractivity contribution in [3.63, 3.8) is 0 Å². The Labute approximate surface area is 81.1 Å². The summed E-state index contributed by atoms with van der Waals surface area (Å²) in [5.41, 5.74) is 0. The summed E-state index contributed by atoms with van der Waals surface area (Å²) in [5, 5.41) is 8.23. The highest BCUT2D eigenvalue weighted by Gasteiger charge is 1.74. The van der Waals surface area contributed by atoms with Crippen molar-refractivity contribution >= 4 is 0 Å². The lowest BCUT2D eigenvalue weighted by atomic mass is 10.2. The molecule has 0 radical (unpaired) electrons. The molecule has 0 aliphatic heterocycles. The molecule has 70 valence electrons. The molecule has 1 heteroatoms. The molecule has 0 bridgehead atoms. The summed E-state index contributed by atoms with van der Waals surface area (Å²) in [6.07, 6.45) is 16.0. The molecule has 0 aliphatic carbocycles. The molecule has 0 saturated carbocycles. The van der Waals surface area contributed by atoms with Crippen molar-refractivity contribution in [3.05, 3.63) is 36.5 Å². The minimum absolute atomic E-state index is 0.490. The molecule has 0 aliphatic rings. The molecule has 0 saturated heterocycles. The molecule has 0 spiro atoms. The van der Waals surface area contributed by atoms with Crippen LogP contribution >= 0.6 is 0 Å². The standard InChI is InChI=1S/C12H17N/c1-2-3-4-5-6-7-8-9-10-11-12-13/h5-10H,2-4,11H2,1H3/b6-5+,8-7+,10-9+. The van der Waals surface area contributed by atoms with Gasteiger partial charge in [-0.2, -0.15) is 5.26 Å². The third kappa shape index (κ3) is 10.7. The Bertz CT molecular complexity index is 216. The van der Waals surface area contributed by atoms with Gasteiger partial charge in [-0.25, -0.2) is 0 Å². The van der Waals surface area contributed by atoms with Crippen LogP contribution in [0.25, 0.3) is 0 Å². The molecule has 0 aromatic carbocycles. The predicted octanol–water partition coefficient (Wildman–Crippen LogP) is 3.76. The number of allylic oxidation sites excluding steroid dienone is 6. The quantitative estimate of drug-likeness (QED) is 0.445. The number of hydrogen-bond acceptors (Lipinski definition) is 1. The van der Waals surface area contributed by atoms with E-state index in [4.69, 9.17) is 5.26 Å². The zero-order chi connectivity index (χ0) is 9.78. The molecule has 0 heterocycles. The van der Waals surface area contributed by atoms with E-state index in [2.05, 4.69) is 13.0 Å². The third-order valence-electron chi connectivity index (χ3n) is 1.54. The second-order valence-electron chi connectivity index (χ2n) is 2.75. The molecule has 1 nitrogen and oxygen atoms in total. The average molecular weight is 175 g/mol. The molecule has 0 rings (SSSR count). The molecule has 0 unspecified atom stereocenters. The highest BCUT2D eigenvalue weighted by Crippen LogP contribution is 1.94. The first-order chi connectivity index (χ1) is 6.41. The highest BCUT2D eigenvalue weighted by atomic mass is 14.2. The monoisotopic (exact) mass is 175 g/mol. The van der Waals surface area contributed by atoms with Gasteiger partial charge in [0.05, 0.1) is 12.5 Å². The summed E-state index contributed by atoms with van der Waals surface area (Å²) >= 11 is 0. The van der Waals surface area contributed by atoms with Crippen LogP contribution in [0.3, 0.4) is 0 Å². The lowest BCUT2D eigenvalue weighted by Crippen LogP contribution is -1.64. The molecular weight excluding hydrogens is 158 g/mol. The summed E-state index contributed by atoms with van der Waals surface area (Å²) in [7, 11) is 0. The summed E-state index contributed by atoms with van der Waals surface area (Å²) < 4.78 is 0. The lowest BCUT2D eigenvalue weighted by molar-refractivity contribution is 0.815. The molecule has 0 aromatic heterocycles. The van der Waals surface area contributed by atoms with Gasteiger partial charge in [0.15, 0.2) is 0 Å². The fourth-order valence-corrected chi connectivity index (χ4v) is 0.824. The van der Waals surface area contributed by atoms with Crippen LogP contribution in [-0.4, -0.2) is 0 Å². The molecule has 13 heavy (non-hydrogen) atoms. The van der Waals surface area contributed by atoms with Crippen LogP contribution in [0.5, 0.6) is 0 Å². The van der Waals surface area contributed by atoms with Crippen molar-refractivity contribution in [2.75, 3.05) is 0 Å². The van der Waals surface area contributed by atoms with E-state index >= 15 is 0 Å². The van der Waals surface area contributed by atoms with Crippen molar-refractivity contribution < 1.29 is 0 Å². The van der Waals surface area contributed by atoms with Crippen molar-refractivity contribution in [1.82, 2.24) is 0 Å². The van der Waals surface area contributed by atoms with Crippen LogP contribution in [-0.2, 0) is 0 Å². The van der Waals surface area contributed by atoms with Crippen LogP contribution in [0, 0.1) is 11.3 Å². The van der Waals surface area contributed by atoms with E-state index < -0.39 is 0 Å². The Kier molecular flexibility index (Phi) is 9.65. The molecule has 0 fully saturated rings. The Morgan fingerprint density at radius 1 is 1.08 bits per heavy atom. The van der Waals surface area contributed by atoms with Gasteiger partial charge in [-0.3, -0.25) is 0 Å². The fourth-order valence-electron chi connectivity index (χ4n) is 0.824. The summed E-state index contributed by atoms with van der Waals surface area (Å²) in [5.74, 6) is 0. The van der Waals surface area contributed by atoms with Gasteiger partial charge in [-0.05, 0) is 6.42 Å². The van der Waals surface area contributed by atoms with Crippen LogP contribution in [0.1, 0.15) is 32.6 Å². The topological polar surface area (TPSA) is 23.8 Å². The lowest BCUT2D eigenvalue weighted by Gasteiger charge is -1.84. The second kappa shape index (κ2) is 10.7. The normalized spacial score (nSPS) is 11.7. The van der Waals surface area contributed by atoms with Gasteiger partial charge in [-0.1, -0.05) is 56.2 Å². The number of nitriles is 1. The van der Waals surface area contributed by atoms with E-state index in [0.717, 1.165) is 6.42 Å². The Morgan fingerprint density at radius 3 is 2.38 bits per heavy atom. The Morgan fingerprint density at radius 2 is 1.77 bits per heavy atom. The van der Waals surface area contributed by atoms with Crippen LogP contribution in [0.2, 0.25) is 0 Å². The minimum Gasteiger partial charge on any atom is -0.198 e. The average Bonchev–Trinajstić information content (AvgIpc) is 2.16. The van der Waals surface area contributed by atoms with E-state index in [1.807, 2.05) is 36.4 Å². The number of nitrogens with zero attached hydrogens (tertiary/aromatic N) is 1. The van der Waals surface area contributed by atoms with Gasteiger partial charge in [0.2, 0.25) is 0 Å². The first-order valence-electron chi connectivity index (χ1n) is 4.77. The SMILES string of the molecule is CCCC/C=C/C=C/C=C/CC#N. The van der Waals surface area contributed by atoms with Gasteiger partial charge in [0.1, 0.15) is 0 Å². The predicted molar refractivity (Wildman–Crippen MR) is 57.2 cm³/mol. The van der Waals surface area contributed by atoms with Crippen LogP contribution in [0.4, 0.5) is 0 Å². The fraction of sp³-hybridized carbons (Fsp3) is 0.417. The first kappa shape index (κ1) is 11.7. The van der Waals surface area contributed by atoms with E-state index in [9.17, 15) is 0 Å². The number of hydrogen-bond donors (Lipinski definition) is 0. The highest BCUT2D eigenvalue weighted by molar-refractivity contribution is 5.11. The maximum Gasteiger partial charge on any atom is 0.0663 e. The zero-order valence-corrected chi connectivity index (χ0v) is 8.24. The minimum atomic E-state index is 0.490. The van der Waals surface area contributed by atoms with Crippen molar-refractivity contribution in [2.24, 2.45) is 0 Å². The molecule has 0 atom stereocenters. The van der Waals surface area contributed by atoms with Crippen LogP contribution < -0.4 is 0 Å². The van der Waals surface area contributed by atoms with Crippen molar-refractivity contribution in [2.45, 2.75) is 32.6 Å². The molecule has 0 amide bonds. The molecular formula is C12H17N. The third-order valence-corrected chi connectivity index (χ3v) is 1.54. The zero-order valence-electron chi connectivity index (χ0n) is 8.24. The van der Waals surface area contributed by atoms with E-state index in [1.54, 1.807) is 0 Å².